The number of likely N-dealkylation sites (N-methyl/N-ethyl adjacent to an activating group) is 1. The first-order valence-electron chi connectivity index (χ1n) is 8.15. The Balaban J connectivity index is 1.71. The van der Waals surface area contributed by atoms with Crippen LogP contribution < -0.4 is 0 Å². The van der Waals surface area contributed by atoms with Gasteiger partial charge >= 0.3 is 0 Å². The van der Waals surface area contributed by atoms with Crippen LogP contribution in [0.5, 0.6) is 0 Å². The normalized spacial score (nSPS) is 19.6. The van der Waals surface area contributed by atoms with Crippen molar-refractivity contribution in [2.45, 2.75) is 19.4 Å². The summed E-state index contributed by atoms with van der Waals surface area (Å²) >= 11 is 0. The predicted octanol–water partition coefficient (Wildman–Crippen LogP) is 1.46. The summed E-state index contributed by atoms with van der Waals surface area (Å²) in [5.41, 5.74) is 1.72. The van der Waals surface area contributed by atoms with Crippen LogP contribution in [-0.2, 0) is 4.79 Å². The van der Waals surface area contributed by atoms with Gasteiger partial charge < -0.3 is 9.80 Å². The van der Waals surface area contributed by atoms with Gasteiger partial charge in [-0.25, -0.2) is 0 Å². The van der Waals surface area contributed by atoms with E-state index in [9.17, 15) is 14.9 Å². The summed E-state index contributed by atoms with van der Waals surface area (Å²) in [5.74, 6) is -0.210. The molecule has 7 heteroatoms. The Bertz CT molecular complexity index is 860. The molecule has 1 aliphatic rings. The number of carbonyl (C=O) groups excluding carboxylic acids is 2. The Morgan fingerprint density at radius 3 is 2.96 bits per heavy atom. The third-order valence-electron chi connectivity index (χ3n) is 4.40. The first-order valence-corrected chi connectivity index (χ1v) is 8.15. The zero-order chi connectivity index (χ0) is 18.0. The summed E-state index contributed by atoms with van der Waals surface area (Å²) in [4.78, 5) is 36.4. The lowest BCUT2D eigenvalue weighted by Crippen LogP contribution is -2.43. The topological polar surface area (TPSA) is 90.2 Å². The van der Waals surface area contributed by atoms with Gasteiger partial charge in [0.05, 0.1) is 29.2 Å². The average molecular weight is 337 g/mol. The smallest absolute Gasteiger partial charge is 0.255 e. The fourth-order valence-corrected chi connectivity index (χ4v) is 3.10. The second-order valence-electron chi connectivity index (χ2n) is 6.46. The Labute approximate surface area is 145 Å². The maximum Gasteiger partial charge on any atom is 0.255 e. The fourth-order valence-electron chi connectivity index (χ4n) is 3.10. The minimum Gasteiger partial charge on any atom is -0.332 e. The van der Waals surface area contributed by atoms with Crippen LogP contribution in [0.2, 0.25) is 0 Å². The van der Waals surface area contributed by atoms with Crippen molar-refractivity contribution in [1.29, 1.82) is 5.26 Å². The van der Waals surface area contributed by atoms with Crippen LogP contribution in [-0.4, -0.2) is 57.8 Å². The lowest BCUT2D eigenvalue weighted by Gasteiger charge is -2.23. The molecule has 1 fully saturated rings. The molecule has 1 aliphatic heterocycles. The summed E-state index contributed by atoms with van der Waals surface area (Å²) in [6.07, 6.45) is 3.81. The van der Waals surface area contributed by atoms with Crippen molar-refractivity contribution in [1.82, 2.24) is 19.8 Å². The Morgan fingerprint density at radius 1 is 1.40 bits per heavy atom. The molecule has 0 bridgehead atoms. The molecule has 25 heavy (non-hydrogen) atoms. The van der Waals surface area contributed by atoms with Crippen molar-refractivity contribution in [2.24, 2.45) is 5.92 Å². The van der Waals surface area contributed by atoms with Gasteiger partial charge in [0.2, 0.25) is 5.91 Å². The highest BCUT2D eigenvalue weighted by Gasteiger charge is 2.33. The number of pyridine rings is 2. The van der Waals surface area contributed by atoms with Crippen molar-refractivity contribution in [3.8, 4) is 6.07 Å². The maximum atomic E-state index is 12.6. The van der Waals surface area contributed by atoms with E-state index in [1.807, 2.05) is 13.0 Å². The molecule has 3 rings (SSSR count). The van der Waals surface area contributed by atoms with Gasteiger partial charge in [-0.3, -0.25) is 19.6 Å². The monoisotopic (exact) mass is 337 g/mol. The van der Waals surface area contributed by atoms with E-state index in [2.05, 4.69) is 16.0 Å². The van der Waals surface area contributed by atoms with Gasteiger partial charge in [-0.2, -0.15) is 5.26 Å². The number of hydrogen-bond acceptors (Lipinski definition) is 5. The highest BCUT2D eigenvalue weighted by Crippen LogP contribution is 2.22. The second-order valence-corrected chi connectivity index (χ2v) is 6.46. The number of hydrogen-bond donors (Lipinski definition) is 0. The third kappa shape index (κ3) is 3.43. The summed E-state index contributed by atoms with van der Waals surface area (Å²) < 4.78 is 0. The molecule has 2 unspecified atom stereocenters. The summed E-state index contributed by atoms with van der Waals surface area (Å²) in [7, 11) is 1.57. The molecule has 0 spiro atoms. The van der Waals surface area contributed by atoms with Gasteiger partial charge in [-0.05, 0) is 30.5 Å². The lowest BCUT2D eigenvalue weighted by molar-refractivity contribution is -0.131. The Kier molecular flexibility index (Phi) is 4.61. The second kappa shape index (κ2) is 6.85. The molecule has 0 aliphatic carbocycles. The van der Waals surface area contributed by atoms with E-state index in [4.69, 9.17) is 0 Å². The molecule has 2 aromatic rings. The first kappa shape index (κ1) is 16.8. The van der Waals surface area contributed by atoms with E-state index in [1.165, 1.54) is 11.1 Å². The number of likely N-dealkylation sites (tertiary alicyclic amines) is 1. The molecule has 128 valence electrons. The predicted molar refractivity (Wildman–Crippen MR) is 91.4 cm³/mol. The standard InChI is InChI=1S/C18H19N5O2/c1-12-6-14(8-19)23(10-12)17(24)11-22(2)18(25)13-7-16-15(21-9-13)4-3-5-20-16/h3-5,7,9,12,14H,6,10-11H2,1-2H3. The van der Waals surface area contributed by atoms with E-state index in [0.29, 0.717) is 35.5 Å². The van der Waals surface area contributed by atoms with E-state index in [-0.39, 0.29) is 18.4 Å². The molecular formula is C18H19N5O2. The molecule has 0 radical (unpaired) electrons. The van der Waals surface area contributed by atoms with Crippen LogP contribution in [0.3, 0.4) is 0 Å². The zero-order valence-electron chi connectivity index (χ0n) is 14.2. The van der Waals surface area contributed by atoms with Gasteiger partial charge in [0.25, 0.3) is 5.91 Å². The first-order chi connectivity index (χ1) is 12.0. The van der Waals surface area contributed by atoms with Crippen molar-refractivity contribution in [3.63, 3.8) is 0 Å². The molecule has 2 atom stereocenters. The molecule has 0 aromatic carbocycles. The third-order valence-corrected chi connectivity index (χ3v) is 4.40. The molecule has 3 heterocycles. The number of carbonyl (C=O) groups is 2. The fraction of sp³-hybridized carbons (Fsp3) is 0.389. The van der Waals surface area contributed by atoms with E-state index < -0.39 is 6.04 Å². The van der Waals surface area contributed by atoms with Crippen LogP contribution in [0.4, 0.5) is 0 Å². The SMILES string of the molecule is CC1CC(C#N)N(C(=O)CN(C)C(=O)c2cnc3cccnc3c2)C1. The van der Waals surface area contributed by atoms with Gasteiger partial charge in [0, 0.05) is 26.0 Å². The minimum atomic E-state index is -0.405. The van der Waals surface area contributed by atoms with E-state index >= 15 is 0 Å². The summed E-state index contributed by atoms with van der Waals surface area (Å²) in [5, 5.41) is 9.19. The average Bonchev–Trinajstić information content (AvgIpc) is 3.01. The quantitative estimate of drug-likeness (QED) is 0.846. The van der Waals surface area contributed by atoms with E-state index in [0.717, 1.165) is 0 Å². The van der Waals surface area contributed by atoms with Gasteiger partial charge in [-0.15, -0.1) is 0 Å². The molecular weight excluding hydrogens is 318 g/mol. The number of fused-ring (bicyclic) bond motifs is 1. The molecule has 0 saturated carbocycles. The largest absolute Gasteiger partial charge is 0.332 e. The number of nitriles is 1. The summed E-state index contributed by atoms with van der Waals surface area (Å²) in [6, 6.07) is 7.03. The lowest BCUT2D eigenvalue weighted by atomic mass is 10.1. The Hall–Kier alpha value is -3.01. The van der Waals surface area contributed by atoms with Crippen molar-refractivity contribution in [3.05, 3.63) is 36.2 Å². The minimum absolute atomic E-state index is 0.0655. The molecule has 2 aromatic heterocycles. The van der Waals surface area contributed by atoms with Crippen LogP contribution in [0, 0.1) is 17.2 Å². The highest BCUT2D eigenvalue weighted by atomic mass is 16.2. The molecule has 7 nitrogen and oxygen atoms in total. The molecule has 1 saturated heterocycles. The van der Waals surface area contributed by atoms with Crippen LogP contribution in [0.1, 0.15) is 23.7 Å². The Morgan fingerprint density at radius 2 is 2.20 bits per heavy atom. The highest BCUT2D eigenvalue weighted by molar-refractivity contribution is 5.98. The van der Waals surface area contributed by atoms with Crippen LogP contribution in [0.15, 0.2) is 30.6 Å². The number of nitrogens with zero attached hydrogens (tertiary/aromatic N) is 5. The van der Waals surface area contributed by atoms with Gasteiger partial charge in [-0.1, -0.05) is 6.92 Å². The molecule has 0 N–H and O–H groups in total. The zero-order valence-corrected chi connectivity index (χ0v) is 14.2. The van der Waals surface area contributed by atoms with Crippen molar-refractivity contribution < 1.29 is 9.59 Å². The van der Waals surface area contributed by atoms with Crippen molar-refractivity contribution in [2.75, 3.05) is 20.1 Å². The van der Waals surface area contributed by atoms with Gasteiger partial charge in [0.1, 0.15) is 6.04 Å². The number of rotatable bonds is 3. The molecule has 2 amide bonds. The van der Waals surface area contributed by atoms with E-state index in [1.54, 1.807) is 30.3 Å². The van der Waals surface area contributed by atoms with Crippen LogP contribution >= 0.6 is 0 Å². The van der Waals surface area contributed by atoms with Crippen LogP contribution in [0.25, 0.3) is 11.0 Å². The number of aromatic nitrogens is 2. The maximum absolute atomic E-state index is 12.6. The summed E-state index contributed by atoms with van der Waals surface area (Å²) in [6.45, 7) is 2.50. The van der Waals surface area contributed by atoms with Gasteiger partial charge in [0.15, 0.2) is 0 Å². The number of amides is 2. The van der Waals surface area contributed by atoms with Crippen molar-refractivity contribution >= 4 is 22.8 Å².